The van der Waals surface area contributed by atoms with Crippen molar-refractivity contribution in [2.24, 2.45) is 4.99 Å². The Morgan fingerprint density at radius 2 is 1.47 bits per heavy atom. The van der Waals surface area contributed by atoms with E-state index in [-0.39, 0.29) is 22.0 Å². The summed E-state index contributed by atoms with van der Waals surface area (Å²) in [7, 11) is -3.95. The Balaban J connectivity index is 1.65. The van der Waals surface area contributed by atoms with Gasteiger partial charge in [-0.2, -0.15) is 0 Å². The lowest BCUT2D eigenvalue weighted by atomic mass is 10.1. The fraction of sp³-hybridized carbons (Fsp3) is 0.0667. The number of pyridine rings is 1. The minimum atomic E-state index is -3.95. The van der Waals surface area contributed by atoms with Gasteiger partial charge in [-0.15, -0.1) is 0 Å². The molecule has 0 saturated carbocycles. The number of aliphatic imine (C=N–C) groups is 1. The SMILES string of the molecule is Cc1ccc(-n2c(O)c(C=Nc3ccccc3S(=O)(=O)Nc3ccccc3)c3ccccc3c2=O)cc1C. The van der Waals surface area contributed by atoms with Gasteiger partial charge in [0.05, 0.1) is 16.9 Å². The van der Waals surface area contributed by atoms with Crippen LogP contribution in [0.25, 0.3) is 16.5 Å². The first-order chi connectivity index (χ1) is 18.3. The summed E-state index contributed by atoms with van der Waals surface area (Å²) in [5.74, 6) is -0.288. The van der Waals surface area contributed by atoms with Gasteiger partial charge in [0.25, 0.3) is 15.6 Å². The Hall–Kier alpha value is -4.69. The van der Waals surface area contributed by atoms with Crippen LogP contribution in [0.15, 0.2) is 112 Å². The minimum absolute atomic E-state index is 0.0219. The fourth-order valence-corrected chi connectivity index (χ4v) is 5.45. The average molecular weight is 524 g/mol. The molecule has 38 heavy (non-hydrogen) atoms. The van der Waals surface area contributed by atoms with Crippen LogP contribution in [-0.2, 0) is 10.0 Å². The highest BCUT2D eigenvalue weighted by molar-refractivity contribution is 7.92. The van der Waals surface area contributed by atoms with Crippen molar-refractivity contribution in [2.75, 3.05) is 4.72 Å². The Bertz CT molecular complexity index is 1860. The molecule has 0 amide bonds. The van der Waals surface area contributed by atoms with Crippen molar-refractivity contribution in [2.45, 2.75) is 18.7 Å². The number of nitrogens with zero attached hydrogens (tertiary/aromatic N) is 2. The van der Waals surface area contributed by atoms with Gasteiger partial charge in [0, 0.05) is 22.7 Å². The molecule has 0 saturated heterocycles. The highest BCUT2D eigenvalue weighted by atomic mass is 32.2. The molecule has 0 bridgehead atoms. The largest absolute Gasteiger partial charge is 0.494 e. The van der Waals surface area contributed by atoms with E-state index in [4.69, 9.17) is 0 Å². The molecule has 4 aromatic carbocycles. The number of rotatable bonds is 6. The summed E-state index contributed by atoms with van der Waals surface area (Å²) < 4.78 is 30.2. The number of aryl methyl sites for hydroxylation is 2. The number of fused-ring (bicyclic) bond motifs is 1. The van der Waals surface area contributed by atoms with E-state index >= 15 is 0 Å². The topological polar surface area (TPSA) is 101 Å². The number of hydrogen-bond acceptors (Lipinski definition) is 5. The zero-order valence-electron chi connectivity index (χ0n) is 20.8. The number of aromatic hydroxyl groups is 1. The van der Waals surface area contributed by atoms with Gasteiger partial charge < -0.3 is 5.11 Å². The maximum Gasteiger partial charge on any atom is 0.265 e. The summed E-state index contributed by atoms with van der Waals surface area (Å²) in [6, 6.07) is 27.4. The van der Waals surface area contributed by atoms with Gasteiger partial charge >= 0.3 is 0 Å². The normalized spacial score (nSPS) is 11.7. The Morgan fingerprint density at radius 3 is 2.21 bits per heavy atom. The molecule has 0 aliphatic heterocycles. The van der Waals surface area contributed by atoms with Crippen LogP contribution in [0.3, 0.4) is 0 Å². The molecule has 7 nitrogen and oxygen atoms in total. The van der Waals surface area contributed by atoms with Crippen LogP contribution >= 0.6 is 0 Å². The minimum Gasteiger partial charge on any atom is -0.494 e. The van der Waals surface area contributed by atoms with Crippen LogP contribution in [0, 0.1) is 13.8 Å². The molecule has 8 heteroatoms. The van der Waals surface area contributed by atoms with Gasteiger partial charge in [0.15, 0.2) is 0 Å². The summed E-state index contributed by atoms with van der Waals surface area (Å²) in [5.41, 5.74) is 3.09. The molecule has 1 aromatic heterocycles. The van der Waals surface area contributed by atoms with Crippen LogP contribution in [0.5, 0.6) is 5.88 Å². The van der Waals surface area contributed by atoms with Crippen LogP contribution in [-0.4, -0.2) is 24.3 Å². The molecule has 0 unspecified atom stereocenters. The van der Waals surface area contributed by atoms with Gasteiger partial charge in [0.2, 0.25) is 5.88 Å². The zero-order valence-corrected chi connectivity index (χ0v) is 21.6. The first kappa shape index (κ1) is 25.0. The average Bonchev–Trinajstić information content (AvgIpc) is 2.91. The van der Waals surface area contributed by atoms with Crippen LogP contribution < -0.4 is 10.3 Å². The molecule has 0 aliphatic carbocycles. The predicted molar refractivity (Wildman–Crippen MR) is 152 cm³/mol. The number of para-hydroxylation sites is 2. The van der Waals surface area contributed by atoms with Crippen molar-refractivity contribution in [3.05, 3.63) is 124 Å². The van der Waals surface area contributed by atoms with E-state index in [1.54, 1.807) is 78.9 Å². The van der Waals surface area contributed by atoms with Gasteiger partial charge in [-0.05, 0) is 67.4 Å². The second-order valence-corrected chi connectivity index (χ2v) is 10.5. The van der Waals surface area contributed by atoms with E-state index in [0.29, 0.717) is 27.7 Å². The lowest BCUT2D eigenvalue weighted by molar-refractivity contribution is 0.436. The van der Waals surface area contributed by atoms with Crippen LogP contribution in [0.4, 0.5) is 11.4 Å². The number of nitrogens with one attached hydrogen (secondary N) is 1. The lowest BCUT2D eigenvalue weighted by Gasteiger charge is -2.15. The van der Waals surface area contributed by atoms with Gasteiger partial charge in [-0.1, -0.05) is 54.6 Å². The first-order valence-corrected chi connectivity index (χ1v) is 13.4. The van der Waals surface area contributed by atoms with E-state index in [1.165, 1.54) is 16.8 Å². The third-order valence-corrected chi connectivity index (χ3v) is 7.79. The third kappa shape index (κ3) is 4.69. The van der Waals surface area contributed by atoms with E-state index in [1.807, 2.05) is 26.0 Å². The molecule has 0 fully saturated rings. The highest BCUT2D eigenvalue weighted by Crippen LogP contribution is 2.30. The van der Waals surface area contributed by atoms with Crippen LogP contribution in [0.2, 0.25) is 0 Å². The molecule has 190 valence electrons. The Morgan fingerprint density at radius 1 is 0.816 bits per heavy atom. The van der Waals surface area contributed by atoms with Crippen molar-refractivity contribution in [1.29, 1.82) is 0 Å². The number of aromatic nitrogens is 1. The summed E-state index contributed by atoms with van der Waals surface area (Å²) in [4.78, 5) is 17.9. The summed E-state index contributed by atoms with van der Waals surface area (Å²) in [6.45, 7) is 3.91. The highest BCUT2D eigenvalue weighted by Gasteiger charge is 2.20. The van der Waals surface area contributed by atoms with E-state index in [2.05, 4.69) is 9.71 Å². The number of sulfonamides is 1. The monoisotopic (exact) mass is 523 g/mol. The molecular weight excluding hydrogens is 498 g/mol. The summed E-state index contributed by atoms with van der Waals surface area (Å²) >= 11 is 0. The van der Waals surface area contributed by atoms with Crippen molar-refractivity contribution in [1.82, 2.24) is 4.57 Å². The smallest absolute Gasteiger partial charge is 0.265 e. The van der Waals surface area contributed by atoms with Crippen molar-refractivity contribution >= 4 is 38.4 Å². The molecule has 0 atom stereocenters. The molecule has 2 N–H and O–H groups in total. The molecule has 5 rings (SSSR count). The second-order valence-electron chi connectivity index (χ2n) is 8.89. The summed E-state index contributed by atoms with van der Waals surface area (Å²) in [6.07, 6.45) is 1.39. The molecule has 1 heterocycles. The molecule has 0 radical (unpaired) electrons. The third-order valence-electron chi connectivity index (χ3n) is 6.37. The predicted octanol–water partition coefficient (Wildman–Crippen LogP) is 5.86. The molecule has 0 spiro atoms. The van der Waals surface area contributed by atoms with E-state index in [9.17, 15) is 18.3 Å². The number of hydrogen-bond donors (Lipinski definition) is 2. The maximum atomic E-state index is 13.4. The van der Waals surface area contributed by atoms with Gasteiger partial charge in [0.1, 0.15) is 4.90 Å². The first-order valence-electron chi connectivity index (χ1n) is 11.9. The van der Waals surface area contributed by atoms with Crippen molar-refractivity contribution in [3.63, 3.8) is 0 Å². The second kappa shape index (κ2) is 9.99. The van der Waals surface area contributed by atoms with E-state index in [0.717, 1.165) is 11.1 Å². The summed E-state index contributed by atoms with van der Waals surface area (Å²) in [5, 5.41) is 12.2. The lowest BCUT2D eigenvalue weighted by Crippen LogP contribution is -2.20. The zero-order chi connectivity index (χ0) is 26.9. The molecular formula is C30H25N3O4S. The van der Waals surface area contributed by atoms with Crippen molar-refractivity contribution < 1.29 is 13.5 Å². The fourth-order valence-electron chi connectivity index (χ4n) is 4.23. The molecule has 5 aromatic rings. The standard InChI is InChI=1S/C30H25N3O4S/c1-20-16-17-23(18-21(20)2)33-29(34)25-13-7-6-12-24(25)26(30(33)35)19-31-27-14-8-9-15-28(27)38(36,37)32-22-10-4-3-5-11-22/h3-19,32,35H,1-2H3. The van der Waals surface area contributed by atoms with Crippen LogP contribution in [0.1, 0.15) is 16.7 Å². The Kier molecular flexibility index (Phi) is 6.57. The quantitative estimate of drug-likeness (QED) is 0.272. The Labute approximate surface area is 220 Å². The number of anilines is 1. The van der Waals surface area contributed by atoms with Crippen molar-refractivity contribution in [3.8, 4) is 11.6 Å². The maximum absolute atomic E-state index is 13.4. The molecule has 0 aliphatic rings. The van der Waals surface area contributed by atoms with Gasteiger partial charge in [-0.3, -0.25) is 14.5 Å². The van der Waals surface area contributed by atoms with E-state index < -0.39 is 10.0 Å². The van der Waals surface area contributed by atoms with Gasteiger partial charge in [-0.25, -0.2) is 13.0 Å². The number of benzene rings is 4.